The molecule has 2 aromatic carbocycles. The summed E-state index contributed by atoms with van der Waals surface area (Å²) >= 11 is 0. The predicted molar refractivity (Wildman–Crippen MR) is 108 cm³/mol. The van der Waals surface area contributed by atoms with Gasteiger partial charge in [0.15, 0.2) is 5.76 Å². The third kappa shape index (κ3) is 4.09. The van der Waals surface area contributed by atoms with E-state index in [0.717, 1.165) is 10.9 Å². The van der Waals surface area contributed by atoms with Gasteiger partial charge in [-0.3, -0.25) is 9.59 Å². The van der Waals surface area contributed by atoms with Crippen molar-refractivity contribution in [1.82, 2.24) is 15.0 Å². The molecule has 0 radical (unpaired) electrons. The first-order valence-electron chi connectivity index (χ1n) is 9.18. The number of rotatable bonds is 6. The van der Waals surface area contributed by atoms with Gasteiger partial charge in [-0.1, -0.05) is 41.6 Å². The van der Waals surface area contributed by atoms with Gasteiger partial charge < -0.3 is 19.5 Å². The molecule has 0 aliphatic rings. The summed E-state index contributed by atoms with van der Waals surface area (Å²) in [7, 11) is 0. The summed E-state index contributed by atoms with van der Waals surface area (Å²) in [5, 5.41) is 17.6. The van der Waals surface area contributed by atoms with Gasteiger partial charge in [-0.2, -0.15) is 0 Å². The average molecular weight is 389 g/mol. The molecule has 7 heteroatoms. The Morgan fingerprint density at radius 2 is 1.90 bits per heavy atom. The SMILES string of the molecule is O=C(NCC(O)Cn1ccccc1=O)c1ccc2noc(-c3ccccc3)c2c1. The standard InChI is InChI=1S/C22H19N3O4/c26-17(14-25-11-5-4-8-20(25)27)13-23-22(28)16-9-10-19-18(12-16)21(29-24-19)15-6-2-1-3-7-15/h1-12,17,26H,13-14H2,(H,23,28). The van der Waals surface area contributed by atoms with E-state index in [1.54, 1.807) is 36.5 Å². The van der Waals surface area contributed by atoms with Crippen LogP contribution in [0.5, 0.6) is 0 Å². The molecule has 1 amide bonds. The van der Waals surface area contributed by atoms with E-state index in [0.29, 0.717) is 16.8 Å². The third-order valence-corrected chi connectivity index (χ3v) is 4.58. The zero-order chi connectivity index (χ0) is 20.2. The highest BCUT2D eigenvalue weighted by molar-refractivity contribution is 6.00. The van der Waals surface area contributed by atoms with E-state index >= 15 is 0 Å². The van der Waals surface area contributed by atoms with Gasteiger partial charge in [0.1, 0.15) is 5.52 Å². The number of fused-ring (bicyclic) bond motifs is 1. The number of aromatic nitrogens is 2. The zero-order valence-electron chi connectivity index (χ0n) is 15.5. The summed E-state index contributed by atoms with van der Waals surface area (Å²) in [6.45, 7) is 0.121. The molecule has 0 aliphatic heterocycles. The summed E-state index contributed by atoms with van der Waals surface area (Å²) in [6.07, 6.45) is 0.705. The monoisotopic (exact) mass is 389 g/mol. The predicted octanol–water partition coefficient (Wildman–Crippen LogP) is 2.45. The van der Waals surface area contributed by atoms with Gasteiger partial charge in [-0.25, -0.2) is 0 Å². The van der Waals surface area contributed by atoms with Gasteiger partial charge in [0, 0.05) is 29.9 Å². The van der Waals surface area contributed by atoms with Crippen molar-refractivity contribution in [2.24, 2.45) is 0 Å². The van der Waals surface area contributed by atoms with Crippen molar-refractivity contribution in [3.8, 4) is 11.3 Å². The number of nitrogens with zero attached hydrogens (tertiary/aromatic N) is 2. The molecule has 2 heterocycles. The van der Waals surface area contributed by atoms with Crippen LogP contribution >= 0.6 is 0 Å². The van der Waals surface area contributed by atoms with Crippen LogP contribution < -0.4 is 10.9 Å². The lowest BCUT2D eigenvalue weighted by atomic mass is 10.1. The lowest BCUT2D eigenvalue weighted by molar-refractivity contribution is 0.0903. The molecule has 1 atom stereocenters. The Morgan fingerprint density at radius 3 is 2.69 bits per heavy atom. The van der Waals surface area contributed by atoms with Crippen LogP contribution in [0.3, 0.4) is 0 Å². The van der Waals surface area contributed by atoms with Gasteiger partial charge >= 0.3 is 0 Å². The molecule has 0 aliphatic carbocycles. The minimum absolute atomic E-state index is 0.0212. The fraction of sp³-hybridized carbons (Fsp3) is 0.136. The molecular weight excluding hydrogens is 370 g/mol. The lowest BCUT2D eigenvalue weighted by Gasteiger charge is -2.13. The van der Waals surface area contributed by atoms with Crippen LogP contribution in [-0.4, -0.2) is 33.4 Å². The molecule has 29 heavy (non-hydrogen) atoms. The van der Waals surface area contributed by atoms with Crippen LogP contribution in [0.4, 0.5) is 0 Å². The van der Waals surface area contributed by atoms with E-state index < -0.39 is 6.10 Å². The topological polar surface area (TPSA) is 97.4 Å². The molecular formula is C22H19N3O4. The van der Waals surface area contributed by atoms with Gasteiger partial charge in [0.25, 0.3) is 11.5 Å². The number of hydrogen-bond acceptors (Lipinski definition) is 5. The Kier molecular flexibility index (Phi) is 5.22. The largest absolute Gasteiger partial charge is 0.389 e. The number of carbonyl (C=O) groups is 1. The highest BCUT2D eigenvalue weighted by Crippen LogP contribution is 2.29. The summed E-state index contributed by atoms with van der Waals surface area (Å²) < 4.78 is 6.85. The van der Waals surface area contributed by atoms with Crippen molar-refractivity contribution in [2.45, 2.75) is 12.6 Å². The Balaban J connectivity index is 1.47. The van der Waals surface area contributed by atoms with Crippen molar-refractivity contribution in [1.29, 1.82) is 0 Å². The second kappa shape index (κ2) is 8.12. The minimum atomic E-state index is -0.891. The van der Waals surface area contributed by atoms with E-state index in [9.17, 15) is 14.7 Å². The zero-order valence-corrected chi connectivity index (χ0v) is 15.5. The number of hydrogen-bond donors (Lipinski definition) is 2. The summed E-state index contributed by atoms with van der Waals surface area (Å²) in [5.41, 5.74) is 1.76. The molecule has 0 fully saturated rings. The van der Waals surface area contributed by atoms with E-state index in [1.807, 2.05) is 30.3 Å². The maximum atomic E-state index is 12.5. The maximum Gasteiger partial charge on any atom is 0.251 e. The minimum Gasteiger partial charge on any atom is -0.389 e. The second-order valence-corrected chi connectivity index (χ2v) is 6.66. The van der Waals surface area contributed by atoms with Crippen LogP contribution in [0.2, 0.25) is 0 Å². The first-order valence-corrected chi connectivity index (χ1v) is 9.18. The Bertz CT molecular complexity index is 1200. The number of nitrogens with one attached hydrogen (secondary N) is 1. The maximum absolute atomic E-state index is 12.5. The molecule has 7 nitrogen and oxygen atoms in total. The van der Waals surface area contributed by atoms with Gasteiger partial charge in [0.05, 0.1) is 18.0 Å². The Hall–Kier alpha value is -3.71. The molecule has 0 saturated heterocycles. The Morgan fingerprint density at radius 1 is 1.10 bits per heavy atom. The van der Waals surface area contributed by atoms with Crippen molar-refractivity contribution in [3.63, 3.8) is 0 Å². The molecule has 0 saturated carbocycles. The molecule has 4 rings (SSSR count). The molecule has 0 bridgehead atoms. The summed E-state index contributed by atoms with van der Waals surface area (Å²) in [4.78, 5) is 24.3. The molecule has 2 N–H and O–H groups in total. The second-order valence-electron chi connectivity index (χ2n) is 6.66. The van der Waals surface area contributed by atoms with Gasteiger partial charge in [-0.15, -0.1) is 0 Å². The molecule has 0 spiro atoms. The highest BCUT2D eigenvalue weighted by Gasteiger charge is 2.15. The Labute approximate surface area is 166 Å². The van der Waals surface area contributed by atoms with Crippen LogP contribution in [0, 0.1) is 0 Å². The van der Waals surface area contributed by atoms with Gasteiger partial charge in [-0.05, 0) is 24.3 Å². The summed E-state index contributed by atoms with van der Waals surface area (Å²) in [6, 6.07) is 19.4. The number of aliphatic hydroxyl groups is 1. The van der Waals surface area contributed by atoms with Crippen molar-refractivity contribution < 1.29 is 14.4 Å². The van der Waals surface area contributed by atoms with Crippen LogP contribution in [-0.2, 0) is 6.54 Å². The number of amides is 1. The molecule has 1 unspecified atom stereocenters. The highest BCUT2D eigenvalue weighted by atomic mass is 16.5. The fourth-order valence-electron chi connectivity index (χ4n) is 3.10. The van der Waals surface area contributed by atoms with E-state index in [1.165, 1.54) is 10.6 Å². The van der Waals surface area contributed by atoms with Gasteiger partial charge in [0.2, 0.25) is 0 Å². The number of carbonyl (C=O) groups excluding carboxylic acids is 1. The number of benzene rings is 2. The fourth-order valence-corrected chi connectivity index (χ4v) is 3.10. The smallest absolute Gasteiger partial charge is 0.251 e. The normalized spacial score (nSPS) is 12.0. The first kappa shape index (κ1) is 18.6. The summed E-state index contributed by atoms with van der Waals surface area (Å²) in [5.74, 6) is 0.269. The van der Waals surface area contributed by atoms with Crippen molar-refractivity contribution in [2.75, 3.05) is 6.54 Å². The molecule has 4 aromatic rings. The van der Waals surface area contributed by atoms with E-state index in [-0.39, 0.29) is 24.6 Å². The molecule has 146 valence electrons. The van der Waals surface area contributed by atoms with E-state index in [2.05, 4.69) is 10.5 Å². The van der Waals surface area contributed by atoms with Crippen molar-refractivity contribution in [3.05, 3.63) is 88.8 Å². The number of aliphatic hydroxyl groups excluding tert-OH is 1. The van der Waals surface area contributed by atoms with Crippen molar-refractivity contribution >= 4 is 16.8 Å². The molecule has 2 aromatic heterocycles. The van der Waals surface area contributed by atoms with E-state index in [4.69, 9.17) is 4.52 Å². The lowest BCUT2D eigenvalue weighted by Crippen LogP contribution is -2.36. The quantitative estimate of drug-likeness (QED) is 0.528. The third-order valence-electron chi connectivity index (χ3n) is 4.58. The van der Waals surface area contributed by atoms with Crippen LogP contribution in [0.1, 0.15) is 10.4 Å². The first-order chi connectivity index (χ1) is 14.1. The van der Waals surface area contributed by atoms with Crippen LogP contribution in [0.25, 0.3) is 22.2 Å². The van der Waals surface area contributed by atoms with Crippen LogP contribution in [0.15, 0.2) is 82.2 Å². The average Bonchev–Trinajstić information content (AvgIpc) is 3.17. The number of pyridine rings is 1.